The largest absolute Gasteiger partial charge is 0.341 e. The van der Waals surface area contributed by atoms with Crippen LogP contribution in [0.4, 0.5) is 0 Å². The van der Waals surface area contributed by atoms with E-state index in [0.29, 0.717) is 25.3 Å². The summed E-state index contributed by atoms with van der Waals surface area (Å²) < 4.78 is 26.3. The highest BCUT2D eigenvalue weighted by Crippen LogP contribution is 2.26. The number of hydrogen-bond donors (Lipinski definition) is 1. The highest BCUT2D eigenvalue weighted by atomic mass is 32.2. The summed E-state index contributed by atoms with van der Waals surface area (Å²) in [4.78, 5) is 14.6. The lowest BCUT2D eigenvalue weighted by Gasteiger charge is -2.27. The average Bonchev–Trinajstić information content (AvgIpc) is 3.14. The molecule has 2 unspecified atom stereocenters. The van der Waals surface area contributed by atoms with Crippen molar-refractivity contribution in [3.63, 3.8) is 0 Å². The van der Waals surface area contributed by atoms with E-state index >= 15 is 0 Å². The fourth-order valence-electron chi connectivity index (χ4n) is 3.46. The molecule has 7 heteroatoms. The zero-order chi connectivity index (χ0) is 16.2. The lowest BCUT2D eigenvalue weighted by molar-refractivity contribution is -0.133. The zero-order valence-electron chi connectivity index (χ0n) is 13.8. The monoisotopic (exact) mass is 331 g/mol. The SMILES string of the molecule is CCCCS(=O)(=O)N1CCCC1C(=O)N1CCC(CNC)C1. The minimum atomic E-state index is -3.30. The van der Waals surface area contributed by atoms with E-state index in [-0.39, 0.29) is 11.7 Å². The molecule has 6 nitrogen and oxygen atoms in total. The standard InChI is InChI=1S/C15H29N3O3S/c1-3-4-10-22(20,21)18-8-5-6-14(18)15(19)17-9-7-13(12-17)11-16-2/h13-14,16H,3-12H2,1-2H3. The smallest absolute Gasteiger partial charge is 0.241 e. The molecule has 2 saturated heterocycles. The third kappa shape index (κ3) is 4.00. The minimum Gasteiger partial charge on any atom is -0.341 e. The van der Waals surface area contributed by atoms with E-state index in [1.54, 1.807) is 0 Å². The highest BCUT2D eigenvalue weighted by molar-refractivity contribution is 7.89. The van der Waals surface area contributed by atoms with Crippen LogP contribution in [0.1, 0.15) is 39.0 Å². The molecule has 0 bridgehead atoms. The van der Waals surface area contributed by atoms with Gasteiger partial charge in [0.05, 0.1) is 5.75 Å². The molecule has 22 heavy (non-hydrogen) atoms. The Kier molecular flexibility index (Phi) is 6.23. The van der Waals surface area contributed by atoms with E-state index < -0.39 is 16.1 Å². The number of carbonyl (C=O) groups is 1. The van der Waals surface area contributed by atoms with Crippen molar-refractivity contribution < 1.29 is 13.2 Å². The van der Waals surface area contributed by atoms with E-state index in [2.05, 4.69) is 5.32 Å². The van der Waals surface area contributed by atoms with Crippen LogP contribution in [0.2, 0.25) is 0 Å². The average molecular weight is 331 g/mol. The van der Waals surface area contributed by atoms with Gasteiger partial charge in [-0.3, -0.25) is 4.79 Å². The Balaban J connectivity index is 2.00. The van der Waals surface area contributed by atoms with E-state index in [9.17, 15) is 13.2 Å². The number of amides is 1. The van der Waals surface area contributed by atoms with E-state index in [0.717, 1.165) is 38.9 Å². The number of rotatable bonds is 7. The molecule has 1 N–H and O–H groups in total. The first-order valence-electron chi connectivity index (χ1n) is 8.42. The predicted molar refractivity (Wildman–Crippen MR) is 87.0 cm³/mol. The Morgan fingerprint density at radius 2 is 2.05 bits per heavy atom. The molecule has 0 aliphatic carbocycles. The van der Waals surface area contributed by atoms with Crippen molar-refractivity contribution in [3.05, 3.63) is 0 Å². The summed E-state index contributed by atoms with van der Waals surface area (Å²) in [5.41, 5.74) is 0. The van der Waals surface area contributed by atoms with Crippen LogP contribution in [0.25, 0.3) is 0 Å². The van der Waals surface area contributed by atoms with Gasteiger partial charge in [0.25, 0.3) is 0 Å². The molecule has 0 aromatic heterocycles. The molecule has 0 radical (unpaired) electrons. The zero-order valence-corrected chi connectivity index (χ0v) is 14.6. The van der Waals surface area contributed by atoms with Crippen LogP contribution in [-0.4, -0.2) is 68.6 Å². The summed E-state index contributed by atoms with van der Waals surface area (Å²) in [6.07, 6.45) is 3.96. The van der Waals surface area contributed by atoms with Gasteiger partial charge in [-0.1, -0.05) is 13.3 Å². The number of carbonyl (C=O) groups excluding carboxylic acids is 1. The molecule has 2 aliphatic rings. The summed E-state index contributed by atoms with van der Waals surface area (Å²) in [5, 5.41) is 3.15. The molecule has 128 valence electrons. The second-order valence-electron chi connectivity index (χ2n) is 6.43. The number of likely N-dealkylation sites (tertiary alicyclic amines) is 1. The lowest BCUT2D eigenvalue weighted by Crippen LogP contribution is -2.47. The Bertz CT molecular complexity index is 480. The summed E-state index contributed by atoms with van der Waals surface area (Å²) in [5.74, 6) is 0.659. The van der Waals surface area contributed by atoms with Crippen molar-refractivity contribution in [1.29, 1.82) is 0 Å². The second-order valence-corrected chi connectivity index (χ2v) is 8.48. The van der Waals surface area contributed by atoms with Gasteiger partial charge in [0.2, 0.25) is 15.9 Å². The van der Waals surface area contributed by atoms with E-state index in [1.165, 1.54) is 4.31 Å². The Labute approximate surface area is 134 Å². The number of nitrogens with one attached hydrogen (secondary N) is 1. The van der Waals surface area contributed by atoms with Gasteiger partial charge in [0.1, 0.15) is 6.04 Å². The predicted octanol–water partition coefficient (Wildman–Crippen LogP) is 0.649. The first kappa shape index (κ1) is 17.7. The van der Waals surface area contributed by atoms with Crippen LogP contribution in [0.3, 0.4) is 0 Å². The van der Waals surface area contributed by atoms with Crippen LogP contribution in [-0.2, 0) is 14.8 Å². The van der Waals surface area contributed by atoms with Crippen molar-refractivity contribution >= 4 is 15.9 Å². The topological polar surface area (TPSA) is 69.7 Å². The van der Waals surface area contributed by atoms with Crippen LogP contribution in [0.15, 0.2) is 0 Å². The molecule has 0 saturated carbocycles. The summed E-state index contributed by atoms with van der Waals surface area (Å²) in [6, 6.07) is -0.463. The molecule has 2 heterocycles. The molecular weight excluding hydrogens is 302 g/mol. The maximum absolute atomic E-state index is 12.7. The van der Waals surface area contributed by atoms with E-state index in [4.69, 9.17) is 0 Å². The molecule has 0 aromatic rings. The van der Waals surface area contributed by atoms with Crippen molar-refractivity contribution in [2.24, 2.45) is 5.92 Å². The summed E-state index contributed by atoms with van der Waals surface area (Å²) >= 11 is 0. The van der Waals surface area contributed by atoms with Crippen molar-refractivity contribution in [2.75, 3.05) is 39.0 Å². The van der Waals surface area contributed by atoms with Crippen molar-refractivity contribution in [3.8, 4) is 0 Å². The minimum absolute atomic E-state index is 0.0103. The third-order valence-corrected chi connectivity index (χ3v) is 6.65. The normalized spacial score (nSPS) is 26.7. The Morgan fingerprint density at radius 1 is 1.27 bits per heavy atom. The quantitative estimate of drug-likeness (QED) is 0.744. The first-order chi connectivity index (χ1) is 10.5. The van der Waals surface area contributed by atoms with Gasteiger partial charge in [0.15, 0.2) is 0 Å². The molecular formula is C15H29N3O3S. The van der Waals surface area contributed by atoms with Crippen LogP contribution >= 0.6 is 0 Å². The molecule has 0 spiro atoms. The van der Waals surface area contributed by atoms with Crippen LogP contribution in [0.5, 0.6) is 0 Å². The summed E-state index contributed by atoms with van der Waals surface area (Å²) in [6.45, 7) is 4.89. The first-order valence-corrected chi connectivity index (χ1v) is 10.0. The van der Waals surface area contributed by atoms with Crippen LogP contribution in [0, 0.1) is 5.92 Å². The number of sulfonamides is 1. The van der Waals surface area contributed by atoms with Gasteiger partial charge >= 0.3 is 0 Å². The Hall–Kier alpha value is -0.660. The van der Waals surface area contributed by atoms with Gasteiger partial charge in [-0.05, 0) is 45.2 Å². The molecule has 0 aromatic carbocycles. The fourth-order valence-corrected chi connectivity index (χ4v) is 5.34. The second kappa shape index (κ2) is 7.75. The van der Waals surface area contributed by atoms with Gasteiger partial charge in [0, 0.05) is 19.6 Å². The maximum atomic E-state index is 12.7. The molecule has 1 amide bonds. The van der Waals surface area contributed by atoms with E-state index in [1.807, 2.05) is 18.9 Å². The number of nitrogens with zero attached hydrogens (tertiary/aromatic N) is 2. The van der Waals surface area contributed by atoms with Crippen molar-refractivity contribution in [2.45, 2.75) is 45.1 Å². The number of unbranched alkanes of at least 4 members (excludes halogenated alkanes) is 1. The van der Waals surface area contributed by atoms with Crippen molar-refractivity contribution in [1.82, 2.24) is 14.5 Å². The van der Waals surface area contributed by atoms with Gasteiger partial charge in [-0.25, -0.2) is 8.42 Å². The third-order valence-electron chi connectivity index (χ3n) is 4.69. The Morgan fingerprint density at radius 3 is 2.73 bits per heavy atom. The van der Waals surface area contributed by atoms with Gasteiger partial charge in [-0.15, -0.1) is 0 Å². The highest BCUT2D eigenvalue weighted by Gasteiger charge is 2.41. The number of hydrogen-bond acceptors (Lipinski definition) is 4. The fraction of sp³-hybridized carbons (Fsp3) is 0.933. The molecule has 2 rings (SSSR count). The van der Waals surface area contributed by atoms with Crippen LogP contribution < -0.4 is 5.32 Å². The van der Waals surface area contributed by atoms with Gasteiger partial charge < -0.3 is 10.2 Å². The molecule has 2 fully saturated rings. The molecule has 2 atom stereocenters. The summed E-state index contributed by atoms with van der Waals surface area (Å²) in [7, 11) is -1.38. The molecule has 2 aliphatic heterocycles. The lowest BCUT2D eigenvalue weighted by atomic mass is 10.1. The maximum Gasteiger partial charge on any atom is 0.241 e. The van der Waals surface area contributed by atoms with Gasteiger partial charge in [-0.2, -0.15) is 4.31 Å².